The molecular weight excluding hydrogens is 370 g/mol. The van der Waals surface area contributed by atoms with E-state index in [0.717, 1.165) is 5.56 Å². The monoisotopic (exact) mass is 391 g/mol. The number of aryl methyl sites for hydroxylation is 1. The second kappa shape index (κ2) is 8.68. The van der Waals surface area contributed by atoms with Gasteiger partial charge in [-0.25, -0.2) is 0 Å². The standard InChI is InChI=1S/C19H21NO6S/c1-13(21)4-5-15-6-8-16(9-7-15)26-27(23,24)17-10-11-19(25-3)18(12-17)20-14(2)22/h6-12H,4-5H2,1-3H3,(H,20,22). The average Bonchev–Trinajstić information content (AvgIpc) is 2.60. The van der Waals surface area contributed by atoms with Crippen molar-refractivity contribution in [3.8, 4) is 11.5 Å². The maximum Gasteiger partial charge on any atom is 0.339 e. The number of methoxy groups -OCH3 is 1. The molecule has 0 aliphatic carbocycles. The van der Waals surface area contributed by atoms with Crippen LogP contribution >= 0.6 is 0 Å². The summed E-state index contributed by atoms with van der Waals surface area (Å²) in [6, 6.07) is 10.5. The number of ether oxygens (including phenoxy) is 1. The second-order valence-corrected chi connectivity index (χ2v) is 7.47. The highest BCUT2D eigenvalue weighted by molar-refractivity contribution is 7.87. The van der Waals surface area contributed by atoms with E-state index in [1.807, 2.05) is 0 Å². The van der Waals surface area contributed by atoms with Crippen molar-refractivity contribution in [2.75, 3.05) is 12.4 Å². The number of benzene rings is 2. The Kier molecular flexibility index (Phi) is 6.57. The molecule has 2 aromatic carbocycles. The van der Waals surface area contributed by atoms with E-state index in [2.05, 4.69) is 5.32 Å². The number of Topliss-reactive ketones (excluding diaryl/α,β-unsaturated/α-hetero) is 1. The minimum absolute atomic E-state index is 0.0902. The first kappa shape index (κ1) is 20.4. The molecule has 0 atom stereocenters. The molecule has 0 saturated heterocycles. The number of rotatable bonds is 8. The number of ketones is 1. The predicted octanol–water partition coefficient (Wildman–Crippen LogP) is 2.94. The van der Waals surface area contributed by atoms with Crippen LogP contribution in [0.25, 0.3) is 0 Å². The number of anilines is 1. The molecule has 0 spiro atoms. The summed E-state index contributed by atoms with van der Waals surface area (Å²) in [4.78, 5) is 22.2. The van der Waals surface area contributed by atoms with Crippen LogP contribution < -0.4 is 14.2 Å². The van der Waals surface area contributed by atoms with Gasteiger partial charge < -0.3 is 19.0 Å². The van der Waals surface area contributed by atoms with Gasteiger partial charge >= 0.3 is 10.1 Å². The van der Waals surface area contributed by atoms with Crippen LogP contribution in [0.3, 0.4) is 0 Å². The van der Waals surface area contributed by atoms with E-state index < -0.39 is 10.1 Å². The maximum atomic E-state index is 12.5. The highest BCUT2D eigenvalue weighted by Crippen LogP contribution is 2.29. The summed E-state index contributed by atoms with van der Waals surface area (Å²) in [5.74, 6) is 0.217. The van der Waals surface area contributed by atoms with Gasteiger partial charge in [0.15, 0.2) is 0 Å². The van der Waals surface area contributed by atoms with Gasteiger partial charge in [0.05, 0.1) is 12.8 Å². The third kappa shape index (κ3) is 5.82. The van der Waals surface area contributed by atoms with E-state index in [1.54, 1.807) is 12.1 Å². The predicted molar refractivity (Wildman–Crippen MR) is 101 cm³/mol. The smallest absolute Gasteiger partial charge is 0.339 e. The molecule has 2 aromatic rings. The first-order chi connectivity index (χ1) is 12.7. The quantitative estimate of drug-likeness (QED) is 0.695. The number of hydrogen-bond acceptors (Lipinski definition) is 6. The zero-order valence-corrected chi connectivity index (χ0v) is 16.1. The Bertz CT molecular complexity index is 935. The number of carbonyl (C=O) groups excluding carboxylic acids is 2. The lowest BCUT2D eigenvalue weighted by Crippen LogP contribution is -2.12. The minimum atomic E-state index is -4.10. The van der Waals surface area contributed by atoms with E-state index in [1.165, 1.54) is 51.3 Å². The third-order valence-electron chi connectivity index (χ3n) is 3.67. The Morgan fingerprint density at radius 3 is 2.26 bits per heavy atom. The topological polar surface area (TPSA) is 98.8 Å². The van der Waals surface area contributed by atoms with Crippen molar-refractivity contribution in [2.24, 2.45) is 0 Å². The number of amides is 1. The van der Waals surface area contributed by atoms with Crippen molar-refractivity contribution in [1.82, 2.24) is 0 Å². The Balaban J connectivity index is 2.20. The highest BCUT2D eigenvalue weighted by Gasteiger charge is 2.19. The molecule has 0 radical (unpaired) electrons. The summed E-state index contributed by atoms with van der Waals surface area (Å²) in [6.45, 7) is 2.83. The number of hydrogen-bond donors (Lipinski definition) is 1. The molecule has 0 saturated carbocycles. The average molecular weight is 391 g/mol. The molecule has 0 unspecified atom stereocenters. The fraction of sp³-hybridized carbons (Fsp3) is 0.263. The number of nitrogens with one attached hydrogen (secondary N) is 1. The zero-order valence-electron chi connectivity index (χ0n) is 15.3. The molecule has 27 heavy (non-hydrogen) atoms. The van der Waals surface area contributed by atoms with Gasteiger partial charge in [0.25, 0.3) is 0 Å². The largest absolute Gasteiger partial charge is 0.495 e. The molecule has 8 heteroatoms. The molecule has 0 aromatic heterocycles. The van der Waals surface area contributed by atoms with Gasteiger partial charge in [-0.2, -0.15) is 8.42 Å². The Hall–Kier alpha value is -2.87. The molecule has 0 bridgehead atoms. The number of carbonyl (C=O) groups is 2. The molecule has 0 aliphatic rings. The Labute approximate surface area is 158 Å². The Morgan fingerprint density at radius 1 is 1.04 bits per heavy atom. The van der Waals surface area contributed by atoms with Gasteiger partial charge in [-0.3, -0.25) is 4.79 Å². The van der Waals surface area contributed by atoms with Crippen LogP contribution in [0.15, 0.2) is 47.4 Å². The van der Waals surface area contributed by atoms with E-state index in [4.69, 9.17) is 8.92 Å². The zero-order chi connectivity index (χ0) is 20.0. The summed E-state index contributed by atoms with van der Waals surface area (Å²) in [6.07, 6.45) is 1.01. The molecule has 0 heterocycles. The summed E-state index contributed by atoms with van der Waals surface area (Å²) < 4.78 is 35.3. The van der Waals surface area contributed by atoms with Crippen LogP contribution in [-0.4, -0.2) is 27.2 Å². The Morgan fingerprint density at radius 2 is 1.70 bits per heavy atom. The molecule has 0 fully saturated rings. The van der Waals surface area contributed by atoms with E-state index in [0.29, 0.717) is 18.6 Å². The first-order valence-corrected chi connectivity index (χ1v) is 9.60. The van der Waals surface area contributed by atoms with Crippen molar-refractivity contribution < 1.29 is 26.9 Å². The summed E-state index contributed by atoms with van der Waals surface area (Å²) in [5, 5.41) is 2.52. The lowest BCUT2D eigenvalue weighted by Gasteiger charge is -2.12. The molecule has 1 amide bonds. The van der Waals surface area contributed by atoms with Gasteiger partial charge in [-0.1, -0.05) is 12.1 Å². The maximum absolute atomic E-state index is 12.5. The van der Waals surface area contributed by atoms with Gasteiger partial charge in [0.1, 0.15) is 22.2 Å². The summed E-state index contributed by atoms with van der Waals surface area (Å²) in [5.41, 5.74) is 1.14. The molecule has 2 rings (SSSR count). The van der Waals surface area contributed by atoms with Gasteiger partial charge in [0.2, 0.25) is 5.91 Å². The molecule has 0 aliphatic heterocycles. The SMILES string of the molecule is COc1ccc(S(=O)(=O)Oc2ccc(CCC(C)=O)cc2)cc1NC(C)=O. The van der Waals surface area contributed by atoms with Gasteiger partial charge in [-0.05, 0) is 49.2 Å². The fourth-order valence-electron chi connectivity index (χ4n) is 2.34. The van der Waals surface area contributed by atoms with Gasteiger partial charge in [0, 0.05) is 13.3 Å². The van der Waals surface area contributed by atoms with Gasteiger partial charge in [-0.15, -0.1) is 0 Å². The van der Waals surface area contributed by atoms with Crippen LogP contribution in [-0.2, 0) is 26.1 Å². The van der Waals surface area contributed by atoms with Crippen molar-refractivity contribution in [2.45, 2.75) is 31.6 Å². The van der Waals surface area contributed by atoms with E-state index in [-0.39, 0.29) is 28.0 Å². The molecule has 7 nitrogen and oxygen atoms in total. The van der Waals surface area contributed by atoms with Crippen LogP contribution in [0.5, 0.6) is 11.5 Å². The molecular formula is C19H21NO6S. The summed E-state index contributed by atoms with van der Waals surface area (Å²) in [7, 11) is -2.68. The molecule has 144 valence electrons. The van der Waals surface area contributed by atoms with Crippen LogP contribution in [0.2, 0.25) is 0 Å². The van der Waals surface area contributed by atoms with E-state index in [9.17, 15) is 18.0 Å². The van der Waals surface area contributed by atoms with Crippen molar-refractivity contribution >= 4 is 27.5 Å². The van der Waals surface area contributed by atoms with Crippen LogP contribution in [0.1, 0.15) is 25.8 Å². The van der Waals surface area contributed by atoms with Crippen molar-refractivity contribution in [3.63, 3.8) is 0 Å². The first-order valence-electron chi connectivity index (χ1n) is 8.20. The van der Waals surface area contributed by atoms with Crippen molar-refractivity contribution in [3.05, 3.63) is 48.0 Å². The van der Waals surface area contributed by atoms with E-state index >= 15 is 0 Å². The minimum Gasteiger partial charge on any atom is -0.495 e. The van der Waals surface area contributed by atoms with Crippen LogP contribution in [0.4, 0.5) is 5.69 Å². The third-order valence-corrected chi connectivity index (χ3v) is 4.91. The highest BCUT2D eigenvalue weighted by atomic mass is 32.2. The van der Waals surface area contributed by atoms with Crippen LogP contribution in [0, 0.1) is 0 Å². The normalized spacial score (nSPS) is 10.9. The second-order valence-electron chi connectivity index (χ2n) is 5.93. The lowest BCUT2D eigenvalue weighted by atomic mass is 10.1. The molecule has 1 N–H and O–H groups in total. The van der Waals surface area contributed by atoms with Crippen molar-refractivity contribution in [1.29, 1.82) is 0 Å². The fourth-order valence-corrected chi connectivity index (χ4v) is 3.29. The lowest BCUT2D eigenvalue weighted by molar-refractivity contribution is -0.117. The summed E-state index contributed by atoms with van der Waals surface area (Å²) >= 11 is 0.